The van der Waals surface area contributed by atoms with E-state index < -0.39 is 0 Å². The van der Waals surface area contributed by atoms with E-state index in [1.165, 1.54) is 0 Å². The van der Waals surface area contributed by atoms with Gasteiger partial charge in [-0.15, -0.1) is 0 Å². The molecule has 0 spiro atoms. The Balaban J connectivity index is 2.29. The van der Waals surface area contributed by atoms with Crippen molar-refractivity contribution < 1.29 is 4.79 Å². The summed E-state index contributed by atoms with van der Waals surface area (Å²) >= 11 is 0. The first kappa shape index (κ1) is 16.0. The molecule has 112 valence electrons. The van der Waals surface area contributed by atoms with Crippen molar-refractivity contribution in [3.8, 4) is 17.2 Å². The second kappa shape index (κ2) is 6.58. The van der Waals surface area contributed by atoms with Gasteiger partial charge in [0, 0.05) is 6.42 Å². The highest BCUT2D eigenvalue weighted by molar-refractivity contribution is 5.76. The number of nitrogens with zero attached hydrogens (tertiary/aromatic N) is 1. The van der Waals surface area contributed by atoms with E-state index in [1.807, 2.05) is 56.3 Å². The van der Waals surface area contributed by atoms with Gasteiger partial charge in [-0.2, -0.15) is 5.26 Å². The molecule has 0 N–H and O–H groups in total. The molecule has 2 aromatic rings. The van der Waals surface area contributed by atoms with Crippen LogP contribution in [0.25, 0.3) is 11.1 Å². The van der Waals surface area contributed by atoms with Crippen molar-refractivity contribution in [3.63, 3.8) is 0 Å². The zero-order chi connectivity index (χ0) is 16.2. The van der Waals surface area contributed by atoms with Gasteiger partial charge in [0.25, 0.3) is 0 Å². The fraction of sp³-hybridized carbons (Fsp3) is 0.300. The molecule has 0 saturated carbocycles. The third-order valence-corrected chi connectivity index (χ3v) is 3.97. The first-order valence-electron chi connectivity index (χ1n) is 7.48. The molecule has 0 fully saturated rings. The number of hydrogen-bond acceptors (Lipinski definition) is 2. The van der Waals surface area contributed by atoms with Crippen LogP contribution in [0.5, 0.6) is 0 Å². The van der Waals surface area contributed by atoms with Crippen molar-refractivity contribution >= 4 is 5.78 Å². The number of rotatable bonds is 5. The molecule has 0 heterocycles. The molecule has 0 aliphatic rings. The van der Waals surface area contributed by atoms with Gasteiger partial charge in [0.2, 0.25) is 0 Å². The Bertz CT molecular complexity index is 678. The first-order valence-corrected chi connectivity index (χ1v) is 7.48. The number of nitriles is 1. The van der Waals surface area contributed by atoms with Crippen molar-refractivity contribution in [1.82, 2.24) is 0 Å². The number of carbonyl (C=O) groups excluding carboxylic acids is 1. The number of Topliss-reactive ketones (excluding diaryl/α,β-unsaturated/α-hetero) is 1. The fourth-order valence-electron chi connectivity index (χ4n) is 2.94. The van der Waals surface area contributed by atoms with Gasteiger partial charge in [-0.05, 0) is 29.0 Å². The summed E-state index contributed by atoms with van der Waals surface area (Å²) in [5.74, 6) is -0.174. The summed E-state index contributed by atoms with van der Waals surface area (Å²) in [5.41, 5.74) is 2.89. The summed E-state index contributed by atoms with van der Waals surface area (Å²) < 4.78 is 0. The van der Waals surface area contributed by atoms with Gasteiger partial charge in [-0.1, -0.05) is 68.4 Å². The molecular formula is C20H21NO. The maximum Gasteiger partial charge on any atom is 0.130 e. The number of benzene rings is 2. The van der Waals surface area contributed by atoms with Gasteiger partial charge in [-0.3, -0.25) is 0 Å². The summed E-state index contributed by atoms with van der Waals surface area (Å²) in [4.78, 5) is 11.4. The lowest BCUT2D eigenvalue weighted by Gasteiger charge is -2.29. The van der Waals surface area contributed by atoms with Crippen molar-refractivity contribution in [3.05, 3.63) is 60.2 Å². The van der Waals surface area contributed by atoms with Crippen LogP contribution >= 0.6 is 0 Å². The molecular weight excluding hydrogens is 270 g/mol. The van der Waals surface area contributed by atoms with Crippen LogP contribution in [0.4, 0.5) is 0 Å². The minimum absolute atomic E-state index is 0.117. The maximum atomic E-state index is 11.4. The summed E-state index contributed by atoms with van der Waals surface area (Å²) in [6.45, 7) is 5.54. The van der Waals surface area contributed by atoms with Gasteiger partial charge in [0.05, 0.1) is 12.0 Å². The van der Waals surface area contributed by atoms with Crippen molar-refractivity contribution in [2.24, 2.45) is 5.41 Å². The fourth-order valence-corrected chi connectivity index (χ4v) is 2.94. The maximum absolute atomic E-state index is 11.4. The molecule has 2 nitrogen and oxygen atoms in total. The average molecular weight is 291 g/mol. The van der Waals surface area contributed by atoms with Gasteiger partial charge in [-0.25, -0.2) is 0 Å². The van der Waals surface area contributed by atoms with Crippen LogP contribution in [0.3, 0.4) is 0 Å². The Morgan fingerprint density at radius 2 is 1.59 bits per heavy atom. The SMILES string of the molecule is CC(=O)CC(C)(C)[C@@H](C#N)c1ccc(-c2ccccc2)cc1. The highest BCUT2D eigenvalue weighted by Gasteiger charge is 2.32. The second-order valence-corrected chi connectivity index (χ2v) is 6.42. The van der Waals surface area contributed by atoms with Gasteiger partial charge < -0.3 is 4.79 Å². The van der Waals surface area contributed by atoms with Crippen LogP contribution in [-0.4, -0.2) is 5.78 Å². The summed E-state index contributed by atoms with van der Waals surface area (Å²) in [7, 11) is 0. The highest BCUT2D eigenvalue weighted by Crippen LogP contribution is 2.38. The summed E-state index contributed by atoms with van der Waals surface area (Å²) in [6, 6.07) is 20.6. The quantitative estimate of drug-likeness (QED) is 0.780. The number of ketones is 1. The van der Waals surface area contributed by atoms with E-state index in [-0.39, 0.29) is 17.1 Å². The van der Waals surface area contributed by atoms with E-state index in [0.29, 0.717) is 6.42 Å². The monoisotopic (exact) mass is 291 g/mol. The molecule has 0 bridgehead atoms. The van der Waals surface area contributed by atoms with E-state index in [2.05, 4.69) is 18.2 Å². The van der Waals surface area contributed by atoms with Crippen LogP contribution in [-0.2, 0) is 4.79 Å². The molecule has 22 heavy (non-hydrogen) atoms. The summed E-state index contributed by atoms with van der Waals surface area (Å²) in [6.07, 6.45) is 0.408. The number of hydrogen-bond donors (Lipinski definition) is 0. The second-order valence-electron chi connectivity index (χ2n) is 6.42. The van der Waals surface area contributed by atoms with Crippen LogP contribution < -0.4 is 0 Å². The third kappa shape index (κ3) is 3.62. The predicted molar refractivity (Wildman–Crippen MR) is 89.3 cm³/mol. The van der Waals surface area contributed by atoms with Crippen LogP contribution in [0.2, 0.25) is 0 Å². The van der Waals surface area contributed by atoms with E-state index in [4.69, 9.17) is 0 Å². The molecule has 0 aliphatic heterocycles. The molecule has 1 atom stereocenters. The van der Waals surface area contributed by atoms with Gasteiger partial charge >= 0.3 is 0 Å². The van der Waals surface area contributed by atoms with Gasteiger partial charge in [0.1, 0.15) is 5.78 Å². The minimum Gasteiger partial charge on any atom is -0.300 e. The third-order valence-electron chi connectivity index (χ3n) is 3.97. The van der Waals surface area contributed by atoms with Gasteiger partial charge in [0.15, 0.2) is 0 Å². The molecule has 0 amide bonds. The van der Waals surface area contributed by atoms with Crippen molar-refractivity contribution in [2.45, 2.75) is 33.1 Å². The van der Waals surface area contributed by atoms with E-state index >= 15 is 0 Å². The van der Waals surface area contributed by atoms with Crippen LogP contribution in [0, 0.1) is 16.7 Å². The molecule has 0 radical (unpaired) electrons. The Morgan fingerprint density at radius 1 is 1.05 bits per heavy atom. The lowest BCUT2D eigenvalue weighted by Crippen LogP contribution is -2.23. The first-order chi connectivity index (χ1) is 10.4. The summed E-state index contributed by atoms with van der Waals surface area (Å²) in [5, 5.41) is 9.55. The Kier molecular flexibility index (Phi) is 4.78. The van der Waals surface area contributed by atoms with E-state index in [9.17, 15) is 10.1 Å². The highest BCUT2D eigenvalue weighted by atomic mass is 16.1. The zero-order valence-electron chi connectivity index (χ0n) is 13.3. The standard InChI is InChI=1S/C20H21NO/c1-15(22)13-20(2,3)19(14-21)18-11-9-17(10-12-18)16-7-5-4-6-8-16/h4-12,19H,13H2,1-3H3/t19-/m0/s1. The Labute approximate surface area is 132 Å². The number of carbonyl (C=O) groups is 1. The molecule has 2 aromatic carbocycles. The lowest BCUT2D eigenvalue weighted by molar-refractivity contribution is -0.118. The molecule has 2 rings (SSSR count). The molecule has 0 aromatic heterocycles. The lowest BCUT2D eigenvalue weighted by atomic mass is 9.72. The average Bonchev–Trinajstić information content (AvgIpc) is 2.48. The van der Waals surface area contributed by atoms with Crippen LogP contribution in [0.15, 0.2) is 54.6 Å². The molecule has 0 aliphatic carbocycles. The topological polar surface area (TPSA) is 40.9 Å². The predicted octanol–water partition coefficient (Wildman–Crippen LogP) is 4.97. The Hall–Kier alpha value is -2.40. The molecule has 0 saturated heterocycles. The normalized spacial score (nSPS) is 12.5. The largest absolute Gasteiger partial charge is 0.300 e. The minimum atomic E-state index is -0.366. The smallest absolute Gasteiger partial charge is 0.130 e. The Morgan fingerprint density at radius 3 is 2.09 bits per heavy atom. The zero-order valence-corrected chi connectivity index (χ0v) is 13.3. The van der Waals surface area contributed by atoms with Crippen molar-refractivity contribution in [1.29, 1.82) is 5.26 Å². The van der Waals surface area contributed by atoms with Crippen LogP contribution in [0.1, 0.15) is 38.7 Å². The molecule has 2 heteroatoms. The van der Waals surface area contributed by atoms with Crippen molar-refractivity contribution in [2.75, 3.05) is 0 Å². The van der Waals surface area contributed by atoms with E-state index in [0.717, 1.165) is 16.7 Å². The molecule has 0 unspecified atom stereocenters. The van der Waals surface area contributed by atoms with E-state index in [1.54, 1.807) is 6.92 Å².